The molecular weight excluding hydrogens is 288 g/mol. The molecule has 2 amide bonds. The highest BCUT2D eigenvalue weighted by Gasteiger charge is 2.54. The summed E-state index contributed by atoms with van der Waals surface area (Å²) in [5, 5.41) is 15.6. The third kappa shape index (κ3) is 3.03. The summed E-state index contributed by atoms with van der Waals surface area (Å²) in [6.45, 7) is 6.35. The summed E-state index contributed by atoms with van der Waals surface area (Å²) in [6, 6.07) is -0.0389. The fraction of sp³-hybridized carbons (Fsp3) is 0.786. The predicted molar refractivity (Wildman–Crippen MR) is 81.3 cm³/mol. The van der Waals surface area contributed by atoms with Crippen LogP contribution in [0.3, 0.4) is 0 Å². The smallest absolute Gasteiger partial charge is 0.321 e. The van der Waals surface area contributed by atoms with Crippen molar-refractivity contribution in [3.63, 3.8) is 0 Å². The van der Waals surface area contributed by atoms with E-state index in [1.807, 2.05) is 20.8 Å². The van der Waals surface area contributed by atoms with E-state index in [-0.39, 0.29) is 24.1 Å². The second kappa shape index (κ2) is 5.21. The molecule has 2 aliphatic rings. The number of hydrogen-bond donors (Lipinski definition) is 3. The number of hydrogen-bond acceptors (Lipinski definition) is 5. The largest absolute Gasteiger partial charge is 0.396 e. The van der Waals surface area contributed by atoms with Crippen molar-refractivity contribution in [3.05, 3.63) is 5.82 Å². The zero-order valence-corrected chi connectivity index (χ0v) is 13.4. The number of anilines is 1. The molecule has 2 fully saturated rings. The Hall–Kier alpha value is -1.21. The van der Waals surface area contributed by atoms with Gasteiger partial charge in [-0.1, -0.05) is 20.8 Å². The maximum Gasteiger partial charge on any atom is 0.321 e. The van der Waals surface area contributed by atoms with E-state index in [2.05, 4.69) is 20.0 Å². The van der Waals surface area contributed by atoms with Gasteiger partial charge in [0.2, 0.25) is 5.13 Å². The molecule has 0 spiro atoms. The zero-order valence-electron chi connectivity index (χ0n) is 12.6. The van der Waals surface area contributed by atoms with Gasteiger partial charge in [-0.3, -0.25) is 5.32 Å². The highest BCUT2D eigenvalue weighted by Crippen LogP contribution is 2.55. The highest BCUT2D eigenvalue weighted by atomic mass is 32.1. The van der Waals surface area contributed by atoms with E-state index in [9.17, 15) is 9.90 Å². The van der Waals surface area contributed by atoms with Crippen molar-refractivity contribution in [3.8, 4) is 0 Å². The molecule has 1 heterocycles. The van der Waals surface area contributed by atoms with Crippen LogP contribution in [-0.4, -0.2) is 33.1 Å². The lowest BCUT2D eigenvalue weighted by atomic mass is 9.96. The van der Waals surface area contributed by atoms with E-state index in [1.165, 1.54) is 11.5 Å². The van der Waals surface area contributed by atoms with Gasteiger partial charge < -0.3 is 10.4 Å². The van der Waals surface area contributed by atoms with Crippen LogP contribution in [0, 0.1) is 17.8 Å². The Kier molecular flexibility index (Phi) is 3.65. The van der Waals surface area contributed by atoms with Crippen molar-refractivity contribution in [2.45, 2.75) is 45.1 Å². The Morgan fingerprint density at radius 2 is 2.14 bits per heavy atom. The molecule has 0 unspecified atom stereocenters. The molecular formula is C14H22N4O2S. The molecule has 2 aliphatic carbocycles. The van der Waals surface area contributed by atoms with E-state index in [0.29, 0.717) is 22.9 Å². The third-order valence-electron chi connectivity index (χ3n) is 4.44. The van der Waals surface area contributed by atoms with E-state index in [0.717, 1.165) is 18.7 Å². The van der Waals surface area contributed by atoms with Crippen molar-refractivity contribution in [2.24, 2.45) is 17.8 Å². The summed E-state index contributed by atoms with van der Waals surface area (Å²) in [5.41, 5.74) is -0.117. The minimum Gasteiger partial charge on any atom is -0.396 e. The van der Waals surface area contributed by atoms with Crippen LogP contribution in [0.4, 0.5) is 9.93 Å². The first-order chi connectivity index (χ1) is 9.88. The van der Waals surface area contributed by atoms with Crippen molar-refractivity contribution in [1.29, 1.82) is 0 Å². The molecule has 3 N–H and O–H groups in total. The number of nitrogens with zero attached hydrogens (tertiary/aromatic N) is 2. The summed E-state index contributed by atoms with van der Waals surface area (Å²) in [4.78, 5) is 16.4. The van der Waals surface area contributed by atoms with Crippen molar-refractivity contribution < 1.29 is 9.90 Å². The van der Waals surface area contributed by atoms with Gasteiger partial charge in [0.15, 0.2) is 0 Å². The molecule has 4 atom stereocenters. The number of amides is 2. The summed E-state index contributed by atoms with van der Waals surface area (Å²) in [6.07, 6.45) is 2.01. The molecule has 7 heteroatoms. The molecule has 116 valence electrons. The van der Waals surface area contributed by atoms with Crippen LogP contribution >= 0.6 is 11.5 Å². The van der Waals surface area contributed by atoms with Crippen LogP contribution in [0.1, 0.15) is 39.4 Å². The molecule has 6 nitrogen and oxygen atoms in total. The number of carbonyl (C=O) groups excluding carboxylic acids is 1. The summed E-state index contributed by atoms with van der Waals surface area (Å²) in [7, 11) is 0. The maximum absolute atomic E-state index is 12.0. The van der Waals surface area contributed by atoms with Gasteiger partial charge in [-0.25, -0.2) is 9.78 Å². The first-order valence-corrected chi connectivity index (χ1v) is 8.18. The maximum atomic E-state index is 12.0. The number of nitrogens with one attached hydrogen (secondary N) is 2. The van der Waals surface area contributed by atoms with Gasteiger partial charge in [-0.15, -0.1) is 0 Å². The predicted octanol–water partition coefficient (Wildman–Crippen LogP) is 1.97. The second-order valence-corrected chi connectivity index (χ2v) is 7.87. The SMILES string of the molecule is CC(C)(C)c1nsc(NC(=O)N[C@H]2C[C@@H](CO)[C@@H]3C[C@@H]32)n1. The standard InChI is InChI=1S/C14H22N4O2S/c1-14(2,3)11-16-13(21-18-11)17-12(20)15-10-4-7(6-19)8-5-9(8)10/h7-10,19H,4-6H2,1-3H3,(H2,15,16,17,18,20)/t7-,8-,9-,10-/m0/s1. The monoisotopic (exact) mass is 310 g/mol. The van der Waals surface area contributed by atoms with Crippen LogP contribution in [0.2, 0.25) is 0 Å². The number of aliphatic hydroxyl groups excluding tert-OH is 1. The van der Waals surface area contributed by atoms with E-state index >= 15 is 0 Å². The Morgan fingerprint density at radius 1 is 1.38 bits per heavy atom. The topological polar surface area (TPSA) is 87.1 Å². The highest BCUT2D eigenvalue weighted by molar-refractivity contribution is 7.09. The molecule has 1 aromatic rings. The fourth-order valence-electron chi connectivity index (χ4n) is 3.17. The van der Waals surface area contributed by atoms with Gasteiger partial charge in [-0.2, -0.15) is 4.37 Å². The average Bonchev–Trinajstić information content (AvgIpc) is 2.91. The molecule has 0 aromatic carbocycles. The average molecular weight is 310 g/mol. The summed E-state index contributed by atoms with van der Waals surface area (Å²) >= 11 is 1.21. The minimum absolute atomic E-state index is 0.117. The Labute approximate surface area is 128 Å². The molecule has 0 radical (unpaired) electrons. The van der Waals surface area contributed by atoms with Crippen LogP contribution in [0.25, 0.3) is 0 Å². The Balaban J connectivity index is 1.54. The quantitative estimate of drug-likeness (QED) is 0.796. The number of fused-ring (bicyclic) bond motifs is 1. The van der Waals surface area contributed by atoms with E-state index < -0.39 is 0 Å². The van der Waals surface area contributed by atoms with Crippen LogP contribution < -0.4 is 10.6 Å². The molecule has 3 rings (SSSR count). The number of aliphatic hydroxyl groups is 1. The third-order valence-corrected chi connectivity index (χ3v) is 5.07. The van der Waals surface area contributed by atoms with Crippen LogP contribution in [-0.2, 0) is 5.41 Å². The summed E-state index contributed by atoms with van der Waals surface area (Å²) < 4.78 is 4.28. The summed E-state index contributed by atoms with van der Waals surface area (Å²) in [5.74, 6) is 2.25. The number of rotatable bonds is 3. The Bertz CT molecular complexity index is 539. The first kappa shape index (κ1) is 14.7. The van der Waals surface area contributed by atoms with E-state index in [4.69, 9.17) is 0 Å². The lowest BCUT2D eigenvalue weighted by Gasteiger charge is -2.16. The van der Waals surface area contributed by atoms with Gasteiger partial charge in [0, 0.05) is 29.6 Å². The van der Waals surface area contributed by atoms with Crippen LogP contribution in [0.5, 0.6) is 0 Å². The van der Waals surface area contributed by atoms with Crippen molar-refractivity contribution >= 4 is 22.7 Å². The van der Waals surface area contributed by atoms with Gasteiger partial charge >= 0.3 is 6.03 Å². The molecule has 0 bridgehead atoms. The lowest BCUT2D eigenvalue weighted by Crippen LogP contribution is -2.38. The fourth-order valence-corrected chi connectivity index (χ4v) is 3.93. The molecule has 0 aliphatic heterocycles. The lowest BCUT2D eigenvalue weighted by molar-refractivity contribution is 0.209. The van der Waals surface area contributed by atoms with Crippen LogP contribution in [0.15, 0.2) is 0 Å². The first-order valence-electron chi connectivity index (χ1n) is 7.41. The van der Waals surface area contributed by atoms with Crippen molar-refractivity contribution in [1.82, 2.24) is 14.7 Å². The minimum atomic E-state index is -0.221. The van der Waals surface area contributed by atoms with Gasteiger partial charge in [0.05, 0.1) is 0 Å². The number of urea groups is 1. The normalized spacial score (nSPS) is 30.9. The zero-order chi connectivity index (χ0) is 15.2. The molecule has 2 saturated carbocycles. The van der Waals surface area contributed by atoms with Gasteiger partial charge in [0.25, 0.3) is 0 Å². The van der Waals surface area contributed by atoms with Crippen molar-refractivity contribution in [2.75, 3.05) is 11.9 Å². The second-order valence-electron chi connectivity index (χ2n) is 7.12. The van der Waals surface area contributed by atoms with Gasteiger partial charge in [0.1, 0.15) is 5.82 Å². The molecule has 1 aromatic heterocycles. The van der Waals surface area contributed by atoms with Gasteiger partial charge in [-0.05, 0) is 30.6 Å². The molecule has 0 saturated heterocycles. The number of carbonyl (C=O) groups is 1. The number of aromatic nitrogens is 2. The Morgan fingerprint density at radius 3 is 2.71 bits per heavy atom. The molecule has 21 heavy (non-hydrogen) atoms. The van der Waals surface area contributed by atoms with E-state index in [1.54, 1.807) is 0 Å².